The molecule has 4 rings (SSSR count). The van der Waals surface area contributed by atoms with Gasteiger partial charge >= 0.3 is 0 Å². The monoisotopic (exact) mass is 358 g/mol. The third-order valence-corrected chi connectivity index (χ3v) is 6.28. The summed E-state index contributed by atoms with van der Waals surface area (Å²) < 4.78 is 12.2. The molecular weight excluding hydrogens is 332 g/mol. The Morgan fingerprint density at radius 1 is 1.24 bits per heavy atom. The van der Waals surface area contributed by atoms with Crippen molar-refractivity contribution in [1.29, 1.82) is 0 Å². The second-order valence-electron chi connectivity index (χ2n) is 7.35. The van der Waals surface area contributed by atoms with Crippen LogP contribution in [0.25, 0.3) is 0 Å². The molecule has 1 fully saturated rings. The van der Waals surface area contributed by atoms with Crippen molar-refractivity contribution in [3.8, 4) is 0 Å². The zero-order valence-corrected chi connectivity index (χ0v) is 15.8. The third kappa shape index (κ3) is 3.41. The molecule has 0 bridgehead atoms. The zero-order chi connectivity index (χ0) is 17.4. The number of fused-ring (bicyclic) bond motifs is 2. The fourth-order valence-corrected chi connectivity index (χ4v) is 5.20. The van der Waals surface area contributed by atoms with Gasteiger partial charge in [-0.1, -0.05) is 25.5 Å². The highest BCUT2D eigenvalue weighted by molar-refractivity contribution is 7.12. The molecular formula is C21H26O3S. The van der Waals surface area contributed by atoms with Gasteiger partial charge in [0.15, 0.2) is 5.79 Å². The molecule has 134 valence electrons. The summed E-state index contributed by atoms with van der Waals surface area (Å²) in [6.45, 7) is 4.80. The minimum atomic E-state index is -0.759. The predicted molar refractivity (Wildman–Crippen MR) is 99.8 cm³/mol. The average Bonchev–Trinajstić information content (AvgIpc) is 3.13. The summed E-state index contributed by atoms with van der Waals surface area (Å²) in [5, 5.41) is 10.2. The van der Waals surface area contributed by atoms with Crippen molar-refractivity contribution in [3.63, 3.8) is 0 Å². The van der Waals surface area contributed by atoms with Crippen LogP contribution in [-0.2, 0) is 34.7 Å². The number of benzene rings is 1. The van der Waals surface area contributed by atoms with Gasteiger partial charge in [-0.2, -0.15) is 0 Å². The van der Waals surface area contributed by atoms with Crippen LogP contribution in [0.1, 0.15) is 59.6 Å². The SMILES string of the molecule is CCCc1ccc(Cc2ccc3c(c2)[C@]2(CC(O)CC(C)O2)OC3)s1. The van der Waals surface area contributed by atoms with Crippen LogP contribution in [0, 0.1) is 0 Å². The second-order valence-corrected chi connectivity index (χ2v) is 8.60. The molecule has 1 saturated heterocycles. The molecule has 1 aromatic carbocycles. The van der Waals surface area contributed by atoms with E-state index in [0.717, 1.165) is 18.4 Å². The molecule has 25 heavy (non-hydrogen) atoms. The Bertz CT molecular complexity index is 741. The average molecular weight is 359 g/mol. The van der Waals surface area contributed by atoms with Crippen LogP contribution in [0.2, 0.25) is 0 Å². The number of aliphatic hydroxyl groups is 1. The summed E-state index contributed by atoms with van der Waals surface area (Å²) in [5.41, 5.74) is 3.58. The van der Waals surface area contributed by atoms with E-state index in [-0.39, 0.29) is 12.2 Å². The first-order chi connectivity index (χ1) is 12.1. The van der Waals surface area contributed by atoms with Crippen molar-refractivity contribution >= 4 is 11.3 Å². The Hall–Kier alpha value is -1.20. The highest BCUT2D eigenvalue weighted by atomic mass is 32.1. The third-order valence-electron chi connectivity index (χ3n) is 5.14. The standard InChI is InChI=1S/C21H26O3S/c1-3-4-18-7-8-19(25-18)10-15-5-6-16-13-23-21(20(16)11-15)12-17(22)9-14(2)24-21/h5-8,11,14,17,22H,3-4,9-10,12-13H2,1-2H3/t14?,17?,21-/m1/s1. The summed E-state index contributed by atoms with van der Waals surface area (Å²) in [6, 6.07) is 11.1. The fourth-order valence-electron chi connectivity index (χ4n) is 4.05. The first-order valence-electron chi connectivity index (χ1n) is 9.27. The number of rotatable bonds is 4. The molecule has 2 unspecified atom stereocenters. The van der Waals surface area contributed by atoms with Crippen molar-refractivity contribution in [2.24, 2.45) is 0 Å². The molecule has 0 saturated carbocycles. The van der Waals surface area contributed by atoms with Gasteiger partial charge in [-0.25, -0.2) is 0 Å². The van der Waals surface area contributed by atoms with E-state index in [1.807, 2.05) is 18.3 Å². The maximum atomic E-state index is 10.2. The lowest BCUT2D eigenvalue weighted by molar-refractivity contribution is -0.295. The van der Waals surface area contributed by atoms with Crippen molar-refractivity contribution in [2.75, 3.05) is 0 Å². The van der Waals surface area contributed by atoms with E-state index in [9.17, 15) is 5.11 Å². The maximum absolute atomic E-state index is 10.2. The van der Waals surface area contributed by atoms with Crippen molar-refractivity contribution < 1.29 is 14.6 Å². The van der Waals surface area contributed by atoms with Gasteiger partial charge in [0.05, 0.1) is 18.8 Å². The molecule has 1 N–H and O–H groups in total. The van der Waals surface area contributed by atoms with Crippen molar-refractivity contribution in [1.82, 2.24) is 0 Å². The van der Waals surface area contributed by atoms with Crippen LogP contribution in [-0.4, -0.2) is 17.3 Å². The van der Waals surface area contributed by atoms with Gasteiger partial charge in [0, 0.05) is 28.2 Å². The smallest absolute Gasteiger partial charge is 0.198 e. The number of aryl methyl sites for hydroxylation is 1. The summed E-state index contributed by atoms with van der Waals surface area (Å²) >= 11 is 1.91. The summed E-state index contributed by atoms with van der Waals surface area (Å²) in [7, 11) is 0. The number of aliphatic hydroxyl groups excluding tert-OH is 1. The molecule has 2 aromatic rings. The van der Waals surface area contributed by atoms with Gasteiger partial charge < -0.3 is 14.6 Å². The Labute approximate surface area is 153 Å². The lowest BCUT2D eigenvalue weighted by Crippen LogP contribution is -2.43. The van der Waals surface area contributed by atoms with E-state index in [0.29, 0.717) is 19.4 Å². The molecule has 1 spiro atoms. The highest BCUT2D eigenvalue weighted by Crippen LogP contribution is 2.45. The summed E-state index contributed by atoms with van der Waals surface area (Å²) in [4.78, 5) is 2.86. The molecule has 0 amide bonds. The number of hydrogen-bond acceptors (Lipinski definition) is 4. The Morgan fingerprint density at radius 3 is 2.88 bits per heavy atom. The van der Waals surface area contributed by atoms with Gasteiger partial charge in [0.1, 0.15) is 0 Å². The fraction of sp³-hybridized carbons (Fsp3) is 0.524. The molecule has 3 atom stereocenters. The largest absolute Gasteiger partial charge is 0.393 e. The van der Waals surface area contributed by atoms with Gasteiger partial charge in [-0.15, -0.1) is 11.3 Å². The first kappa shape index (κ1) is 17.2. The molecule has 0 aliphatic carbocycles. The molecule has 3 heterocycles. The van der Waals surface area contributed by atoms with E-state index in [1.165, 1.54) is 27.3 Å². The zero-order valence-electron chi connectivity index (χ0n) is 15.0. The van der Waals surface area contributed by atoms with E-state index in [2.05, 4.69) is 37.3 Å². The molecule has 1 aromatic heterocycles. The predicted octanol–water partition coefficient (Wildman–Crippen LogP) is 4.53. The number of thiophene rings is 1. The Balaban J connectivity index is 1.59. The quantitative estimate of drug-likeness (QED) is 0.872. The summed E-state index contributed by atoms with van der Waals surface area (Å²) in [5.74, 6) is -0.759. The van der Waals surface area contributed by atoms with Crippen LogP contribution >= 0.6 is 11.3 Å². The Kier molecular flexibility index (Phi) is 4.71. The normalized spacial score (nSPS) is 28.4. The van der Waals surface area contributed by atoms with Crippen LogP contribution in [0.15, 0.2) is 30.3 Å². The van der Waals surface area contributed by atoms with Gasteiger partial charge in [0.2, 0.25) is 0 Å². The maximum Gasteiger partial charge on any atom is 0.198 e. The van der Waals surface area contributed by atoms with E-state index < -0.39 is 5.79 Å². The Morgan fingerprint density at radius 2 is 2.08 bits per heavy atom. The van der Waals surface area contributed by atoms with E-state index in [1.54, 1.807) is 0 Å². The number of hydrogen-bond donors (Lipinski definition) is 1. The van der Waals surface area contributed by atoms with Gasteiger partial charge in [0.25, 0.3) is 0 Å². The number of ether oxygens (including phenoxy) is 2. The lowest BCUT2D eigenvalue weighted by atomic mass is 9.90. The first-order valence-corrected chi connectivity index (χ1v) is 10.1. The van der Waals surface area contributed by atoms with Crippen LogP contribution in [0.5, 0.6) is 0 Å². The van der Waals surface area contributed by atoms with Crippen LogP contribution in [0.3, 0.4) is 0 Å². The molecule has 0 radical (unpaired) electrons. The molecule has 2 aliphatic heterocycles. The topological polar surface area (TPSA) is 38.7 Å². The van der Waals surface area contributed by atoms with Crippen molar-refractivity contribution in [3.05, 3.63) is 56.8 Å². The lowest BCUT2D eigenvalue weighted by Gasteiger charge is -2.39. The van der Waals surface area contributed by atoms with E-state index >= 15 is 0 Å². The molecule has 2 aliphatic rings. The van der Waals surface area contributed by atoms with Crippen molar-refractivity contribution in [2.45, 2.75) is 70.6 Å². The van der Waals surface area contributed by atoms with Crippen LogP contribution in [0.4, 0.5) is 0 Å². The van der Waals surface area contributed by atoms with Crippen LogP contribution < -0.4 is 0 Å². The molecule has 3 nitrogen and oxygen atoms in total. The second kappa shape index (κ2) is 6.84. The van der Waals surface area contributed by atoms with E-state index in [4.69, 9.17) is 9.47 Å². The minimum Gasteiger partial charge on any atom is -0.393 e. The van der Waals surface area contributed by atoms with Gasteiger partial charge in [-0.3, -0.25) is 0 Å². The molecule has 4 heteroatoms. The van der Waals surface area contributed by atoms with Gasteiger partial charge in [-0.05, 0) is 49.1 Å². The summed E-state index contributed by atoms with van der Waals surface area (Å²) in [6.07, 6.45) is 4.13. The highest BCUT2D eigenvalue weighted by Gasteiger charge is 2.47. The minimum absolute atomic E-state index is 0.00672.